The Balaban J connectivity index is 1.45. The second-order valence-corrected chi connectivity index (χ2v) is 6.84. The molecular weight excluding hydrogens is 284 g/mol. The average Bonchev–Trinajstić information content (AvgIpc) is 3.16. The maximum Gasteiger partial charge on any atom is 0.257 e. The van der Waals surface area contributed by atoms with Crippen LogP contribution in [-0.4, -0.2) is 29.9 Å². The van der Waals surface area contributed by atoms with E-state index in [2.05, 4.69) is 24.4 Å². The van der Waals surface area contributed by atoms with E-state index in [4.69, 9.17) is 4.42 Å². The molecule has 3 heterocycles. The van der Waals surface area contributed by atoms with Crippen molar-refractivity contribution >= 4 is 17.2 Å². The predicted octanol–water partition coefficient (Wildman–Crippen LogP) is 3.04. The van der Waals surface area contributed by atoms with Gasteiger partial charge in [-0.25, -0.2) is 0 Å². The normalized spacial score (nSPS) is 16.3. The van der Waals surface area contributed by atoms with Gasteiger partial charge in [-0.05, 0) is 38.0 Å². The largest absolute Gasteiger partial charge is 0.472 e. The molecule has 1 N–H and O–H groups in total. The molecular formula is C16H20N2O2S. The third kappa shape index (κ3) is 3.54. The fourth-order valence-corrected chi connectivity index (χ4v) is 3.52. The van der Waals surface area contributed by atoms with Crippen LogP contribution in [0.4, 0.5) is 0 Å². The minimum absolute atomic E-state index is 0.0797. The number of likely N-dealkylation sites (tertiary alicyclic amines) is 1. The standard InChI is InChI=1S/C16H20N2O2S/c1-12-2-3-15(21-12)10-17-14-4-7-18(8-5-14)16(19)13-6-9-20-11-13/h2-3,6,9,11,14,17H,4-5,7-8,10H2,1H3. The van der Waals surface area contributed by atoms with Crippen LogP contribution in [0.15, 0.2) is 35.1 Å². The Morgan fingerprint density at radius 1 is 1.38 bits per heavy atom. The van der Waals surface area contributed by atoms with E-state index in [-0.39, 0.29) is 5.91 Å². The van der Waals surface area contributed by atoms with Gasteiger partial charge in [0.05, 0.1) is 11.8 Å². The van der Waals surface area contributed by atoms with E-state index in [9.17, 15) is 4.79 Å². The minimum atomic E-state index is 0.0797. The number of thiophene rings is 1. The summed E-state index contributed by atoms with van der Waals surface area (Å²) in [5.41, 5.74) is 0.649. The highest BCUT2D eigenvalue weighted by Crippen LogP contribution is 2.17. The van der Waals surface area contributed by atoms with Crippen molar-refractivity contribution in [1.82, 2.24) is 10.2 Å². The molecule has 0 saturated carbocycles. The van der Waals surface area contributed by atoms with Crippen molar-refractivity contribution in [3.63, 3.8) is 0 Å². The number of aryl methyl sites for hydroxylation is 1. The summed E-state index contributed by atoms with van der Waals surface area (Å²) in [6.07, 6.45) is 5.08. The summed E-state index contributed by atoms with van der Waals surface area (Å²) in [4.78, 5) is 16.8. The number of carbonyl (C=O) groups is 1. The van der Waals surface area contributed by atoms with Gasteiger partial charge in [0, 0.05) is 35.4 Å². The lowest BCUT2D eigenvalue weighted by molar-refractivity contribution is 0.0704. The summed E-state index contributed by atoms with van der Waals surface area (Å²) >= 11 is 1.84. The number of carbonyl (C=O) groups excluding carboxylic acids is 1. The van der Waals surface area contributed by atoms with Gasteiger partial charge in [0.1, 0.15) is 6.26 Å². The first-order valence-corrected chi connectivity index (χ1v) is 8.14. The lowest BCUT2D eigenvalue weighted by Gasteiger charge is -2.32. The van der Waals surface area contributed by atoms with Crippen LogP contribution in [0.5, 0.6) is 0 Å². The first-order chi connectivity index (χ1) is 10.2. The Bertz CT molecular complexity index is 583. The maximum absolute atomic E-state index is 12.2. The number of nitrogens with one attached hydrogen (secondary N) is 1. The maximum atomic E-state index is 12.2. The molecule has 5 heteroatoms. The molecule has 1 amide bonds. The molecule has 2 aromatic rings. The summed E-state index contributed by atoms with van der Waals surface area (Å²) in [6, 6.07) is 6.57. The topological polar surface area (TPSA) is 45.5 Å². The van der Waals surface area contributed by atoms with Crippen LogP contribution in [0.25, 0.3) is 0 Å². The highest BCUT2D eigenvalue weighted by Gasteiger charge is 2.23. The van der Waals surface area contributed by atoms with Crippen molar-refractivity contribution in [1.29, 1.82) is 0 Å². The van der Waals surface area contributed by atoms with Crippen molar-refractivity contribution in [3.8, 4) is 0 Å². The number of nitrogens with zero attached hydrogens (tertiary/aromatic N) is 1. The van der Waals surface area contributed by atoms with Crippen LogP contribution in [0.1, 0.15) is 33.0 Å². The van der Waals surface area contributed by atoms with E-state index in [1.807, 2.05) is 16.2 Å². The van der Waals surface area contributed by atoms with Crippen LogP contribution < -0.4 is 5.32 Å². The Labute approximate surface area is 128 Å². The van der Waals surface area contributed by atoms with Crippen LogP contribution in [0.3, 0.4) is 0 Å². The first-order valence-electron chi connectivity index (χ1n) is 7.32. The van der Waals surface area contributed by atoms with Crippen molar-refractivity contribution < 1.29 is 9.21 Å². The zero-order valence-corrected chi connectivity index (χ0v) is 13.0. The molecule has 0 atom stereocenters. The van der Waals surface area contributed by atoms with Crippen LogP contribution in [0.2, 0.25) is 0 Å². The molecule has 21 heavy (non-hydrogen) atoms. The molecule has 0 radical (unpaired) electrons. The number of hydrogen-bond donors (Lipinski definition) is 1. The molecule has 3 rings (SSSR count). The number of rotatable bonds is 4. The SMILES string of the molecule is Cc1ccc(CNC2CCN(C(=O)c3ccoc3)CC2)s1. The van der Waals surface area contributed by atoms with Crippen molar-refractivity contribution in [3.05, 3.63) is 46.0 Å². The quantitative estimate of drug-likeness (QED) is 0.944. The van der Waals surface area contributed by atoms with Gasteiger partial charge in [0.25, 0.3) is 5.91 Å². The van der Waals surface area contributed by atoms with Gasteiger partial charge in [0.15, 0.2) is 0 Å². The summed E-state index contributed by atoms with van der Waals surface area (Å²) < 4.78 is 4.98. The molecule has 1 aliphatic heterocycles. The molecule has 112 valence electrons. The first kappa shape index (κ1) is 14.4. The van der Waals surface area contributed by atoms with Gasteiger partial charge in [-0.2, -0.15) is 0 Å². The zero-order valence-electron chi connectivity index (χ0n) is 12.2. The van der Waals surface area contributed by atoms with E-state index >= 15 is 0 Å². The monoisotopic (exact) mass is 304 g/mol. The smallest absolute Gasteiger partial charge is 0.257 e. The number of hydrogen-bond acceptors (Lipinski definition) is 4. The Morgan fingerprint density at radius 2 is 2.19 bits per heavy atom. The number of amides is 1. The van der Waals surface area contributed by atoms with Gasteiger partial charge in [-0.15, -0.1) is 11.3 Å². The van der Waals surface area contributed by atoms with Gasteiger partial charge in [0.2, 0.25) is 0 Å². The molecule has 0 aromatic carbocycles. The fraction of sp³-hybridized carbons (Fsp3) is 0.438. The van der Waals surface area contributed by atoms with Gasteiger partial charge in [-0.3, -0.25) is 4.79 Å². The summed E-state index contributed by atoms with van der Waals surface area (Å²) in [5.74, 6) is 0.0797. The molecule has 1 saturated heterocycles. The van der Waals surface area contributed by atoms with Crippen molar-refractivity contribution in [2.75, 3.05) is 13.1 Å². The lowest BCUT2D eigenvalue weighted by Crippen LogP contribution is -2.44. The molecule has 0 spiro atoms. The predicted molar refractivity (Wildman–Crippen MR) is 83.5 cm³/mol. The number of piperidine rings is 1. The highest BCUT2D eigenvalue weighted by atomic mass is 32.1. The second kappa shape index (κ2) is 6.45. The summed E-state index contributed by atoms with van der Waals surface area (Å²) in [6.45, 7) is 4.68. The van der Waals surface area contributed by atoms with E-state index < -0.39 is 0 Å². The zero-order chi connectivity index (χ0) is 14.7. The molecule has 0 unspecified atom stereocenters. The third-order valence-electron chi connectivity index (χ3n) is 3.91. The van der Waals surface area contributed by atoms with Crippen LogP contribution in [0, 0.1) is 6.92 Å². The Kier molecular flexibility index (Phi) is 4.41. The van der Waals surface area contributed by atoms with E-state index in [0.29, 0.717) is 11.6 Å². The Morgan fingerprint density at radius 3 is 2.81 bits per heavy atom. The summed E-state index contributed by atoms with van der Waals surface area (Å²) in [7, 11) is 0. The van der Waals surface area contributed by atoms with E-state index in [0.717, 1.165) is 32.5 Å². The minimum Gasteiger partial charge on any atom is -0.472 e. The Hall–Kier alpha value is -1.59. The third-order valence-corrected chi connectivity index (χ3v) is 4.91. The summed E-state index contributed by atoms with van der Waals surface area (Å²) in [5, 5.41) is 3.60. The molecule has 1 fully saturated rings. The van der Waals surface area contributed by atoms with E-state index in [1.165, 1.54) is 16.0 Å². The fourth-order valence-electron chi connectivity index (χ4n) is 2.68. The van der Waals surface area contributed by atoms with Crippen molar-refractivity contribution in [2.45, 2.75) is 32.4 Å². The highest BCUT2D eigenvalue weighted by molar-refractivity contribution is 7.11. The lowest BCUT2D eigenvalue weighted by atomic mass is 10.0. The average molecular weight is 304 g/mol. The van der Waals surface area contributed by atoms with E-state index in [1.54, 1.807) is 12.3 Å². The number of furan rings is 1. The molecule has 0 aliphatic carbocycles. The van der Waals surface area contributed by atoms with Gasteiger partial charge in [-0.1, -0.05) is 0 Å². The van der Waals surface area contributed by atoms with Crippen LogP contribution >= 0.6 is 11.3 Å². The molecule has 2 aromatic heterocycles. The molecule has 1 aliphatic rings. The second-order valence-electron chi connectivity index (χ2n) is 5.47. The van der Waals surface area contributed by atoms with Gasteiger partial charge < -0.3 is 14.6 Å². The van der Waals surface area contributed by atoms with Crippen LogP contribution in [-0.2, 0) is 6.54 Å². The molecule has 4 nitrogen and oxygen atoms in total. The molecule has 0 bridgehead atoms. The van der Waals surface area contributed by atoms with Gasteiger partial charge >= 0.3 is 0 Å². The van der Waals surface area contributed by atoms with Crippen molar-refractivity contribution in [2.24, 2.45) is 0 Å².